The van der Waals surface area contributed by atoms with Crippen LogP contribution in [-0.4, -0.2) is 45.8 Å². The Morgan fingerprint density at radius 2 is 1.87 bits per heavy atom. The average molecular weight is 423 g/mol. The number of aldehydes is 1. The topological polar surface area (TPSA) is 64.4 Å². The van der Waals surface area contributed by atoms with E-state index in [-0.39, 0.29) is 23.3 Å². The molecule has 0 aliphatic carbocycles. The van der Waals surface area contributed by atoms with Crippen LogP contribution >= 0.6 is 0 Å². The summed E-state index contributed by atoms with van der Waals surface area (Å²) in [6, 6.07) is 3.47. The minimum absolute atomic E-state index is 0.0226. The number of halogens is 3. The van der Waals surface area contributed by atoms with Gasteiger partial charge in [-0.05, 0) is 45.2 Å². The minimum Gasteiger partial charge on any atom is -0.444 e. The summed E-state index contributed by atoms with van der Waals surface area (Å²) in [4.78, 5) is 24.7. The van der Waals surface area contributed by atoms with Gasteiger partial charge in [-0.25, -0.2) is 4.79 Å². The number of nitrogens with zero attached hydrogens (tertiary/aromatic N) is 3. The van der Waals surface area contributed by atoms with E-state index in [9.17, 15) is 22.8 Å². The van der Waals surface area contributed by atoms with Crippen LogP contribution in [0.2, 0.25) is 0 Å². The highest BCUT2D eigenvalue weighted by molar-refractivity contribution is 5.78. The van der Waals surface area contributed by atoms with Crippen LogP contribution in [-0.2, 0) is 10.9 Å². The summed E-state index contributed by atoms with van der Waals surface area (Å²) >= 11 is 0. The molecular formula is C21H24F3N3O3. The maximum atomic E-state index is 13.5. The molecule has 1 aromatic heterocycles. The van der Waals surface area contributed by atoms with Crippen LogP contribution < -0.4 is 0 Å². The van der Waals surface area contributed by atoms with Gasteiger partial charge in [0, 0.05) is 30.4 Å². The minimum atomic E-state index is -4.59. The predicted octanol–water partition coefficient (Wildman–Crippen LogP) is 4.95. The summed E-state index contributed by atoms with van der Waals surface area (Å²) < 4.78 is 47.4. The van der Waals surface area contributed by atoms with Crippen LogP contribution in [0.15, 0.2) is 30.6 Å². The van der Waals surface area contributed by atoms with Gasteiger partial charge in [0.25, 0.3) is 0 Å². The Balaban J connectivity index is 1.74. The Bertz CT molecular complexity index is 924. The number of alkyl halides is 3. The summed E-state index contributed by atoms with van der Waals surface area (Å²) in [5.41, 5.74) is -1.17. The molecule has 0 atom stereocenters. The van der Waals surface area contributed by atoms with Gasteiger partial charge >= 0.3 is 12.3 Å². The Morgan fingerprint density at radius 1 is 1.20 bits per heavy atom. The van der Waals surface area contributed by atoms with E-state index in [1.807, 2.05) is 0 Å². The first-order valence-electron chi connectivity index (χ1n) is 9.67. The van der Waals surface area contributed by atoms with Crippen molar-refractivity contribution in [1.82, 2.24) is 14.7 Å². The van der Waals surface area contributed by atoms with Crippen LogP contribution in [0.25, 0.3) is 11.1 Å². The lowest BCUT2D eigenvalue weighted by atomic mass is 9.99. The van der Waals surface area contributed by atoms with Crippen LogP contribution in [0, 0.1) is 0 Å². The van der Waals surface area contributed by atoms with Crippen molar-refractivity contribution in [1.29, 1.82) is 0 Å². The van der Waals surface area contributed by atoms with E-state index in [1.165, 1.54) is 18.3 Å². The zero-order valence-corrected chi connectivity index (χ0v) is 17.1. The molecule has 1 saturated heterocycles. The van der Waals surface area contributed by atoms with Crippen molar-refractivity contribution in [2.45, 2.75) is 51.4 Å². The highest BCUT2D eigenvalue weighted by atomic mass is 19.4. The number of rotatable bonds is 3. The third-order valence-electron chi connectivity index (χ3n) is 4.89. The molecule has 0 spiro atoms. The normalized spacial score (nSPS) is 15.9. The van der Waals surface area contributed by atoms with Gasteiger partial charge in [-0.15, -0.1) is 0 Å². The van der Waals surface area contributed by atoms with Gasteiger partial charge in [0.2, 0.25) is 0 Å². The standard InChI is InChI=1S/C21H24F3N3O3/c1-20(2,3)30-19(29)26-8-6-16(7-9-26)27-12-15(11-25-27)17-5-4-14(13-28)10-18(17)21(22,23)24/h4-5,10-13,16H,6-9H2,1-3H3. The zero-order chi connectivity index (χ0) is 22.1. The molecule has 2 aromatic rings. The van der Waals surface area contributed by atoms with Crippen molar-refractivity contribution in [3.63, 3.8) is 0 Å². The van der Waals surface area contributed by atoms with Gasteiger partial charge in [-0.1, -0.05) is 12.1 Å². The second-order valence-corrected chi connectivity index (χ2v) is 8.33. The number of hydrogen-bond acceptors (Lipinski definition) is 4. The van der Waals surface area contributed by atoms with Gasteiger partial charge in [0.1, 0.15) is 11.9 Å². The number of ether oxygens (including phenoxy) is 1. The number of aromatic nitrogens is 2. The molecule has 6 nitrogen and oxygen atoms in total. The summed E-state index contributed by atoms with van der Waals surface area (Å²) in [5.74, 6) is 0. The molecule has 0 bridgehead atoms. The van der Waals surface area contributed by atoms with E-state index < -0.39 is 17.3 Å². The lowest BCUT2D eigenvalue weighted by Gasteiger charge is -2.33. The van der Waals surface area contributed by atoms with E-state index in [0.29, 0.717) is 37.8 Å². The van der Waals surface area contributed by atoms with Crippen LogP contribution in [0.3, 0.4) is 0 Å². The van der Waals surface area contributed by atoms with E-state index in [0.717, 1.165) is 6.07 Å². The van der Waals surface area contributed by atoms with Crippen molar-refractivity contribution in [2.75, 3.05) is 13.1 Å². The zero-order valence-electron chi connectivity index (χ0n) is 17.1. The van der Waals surface area contributed by atoms with Crippen molar-refractivity contribution >= 4 is 12.4 Å². The summed E-state index contributed by atoms with van der Waals surface area (Å²) in [6.45, 7) is 6.38. The number of benzene rings is 1. The largest absolute Gasteiger partial charge is 0.444 e. The summed E-state index contributed by atoms with van der Waals surface area (Å²) in [7, 11) is 0. The van der Waals surface area contributed by atoms with Crippen molar-refractivity contribution in [3.8, 4) is 11.1 Å². The number of amides is 1. The first kappa shape index (κ1) is 21.9. The fraction of sp³-hybridized carbons (Fsp3) is 0.476. The van der Waals surface area contributed by atoms with Crippen molar-refractivity contribution in [3.05, 3.63) is 41.7 Å². The quantitative estimate of drug-likeness (QED) is 0.655. The van der Waals surface area contributed by atoms with E-state index >= 15 is 0 Å². The summed E-state index contributed by atoms with van der Waals surface area (Å²) in [6.07, 6.45) is -0.347. The van der Waals surface area contributed by atoms with Gasteiger partial charge in [-0.2, -0.15) is 18.3 Å². The molecule has 0 N–H and O–H groups in total. The van der Waals surface area contributed by atoms with Gasteiger partial charge in [-0.3, -0.25) is 9.48 Å². The SMILES string of the molecule is CC(C)(C)OC(=O)N1CCC(n2cc(-c3ccc(C=O)cc3C(F)(F)F)cn2)CC1. The van der Waals surface area contributed by atoms with E-state index in [2.05, 4.69) is 5.10 Å². The maximum Gasteiger partial charge on any atom is 0.417 e. The number of piperidine rings is 1. The fourth-order valence-electron chi connectivity index (χ4n) is 3.44. The molecule has 0 radical (unpaired) electrons. The third-order valence-corrected chi connectivity index (χ3v) is 4.89. The van der Waals surface area contributed by atoms with Crippen molar-refractivity contribution in [2.24, 2.45) is 0 Å². The van der Waals surface area contributed by atoms with E-state index in [1.54, 1.807) is 36.5 Å². The third kappa shape index (κ3) is 5.01. The molecule has 1 aliphatic rings. The lowest BCUT2D eigenvalue weighted by molar-refractivity contribution is -0.137. The molecule has 1 fully saturated rings. The number of carbonyl (C=O) groups is 2. The molecule has 1 aromatic carbocycles. The number of likely N-dealkylation sites (tertiary alicyclic amines) is 1. The van der Waals surface area contributed by atoms with Gasteiger partial charge in [0.05, 0.1) is 17.8 Å². The van der Waals surface area contributed by atoms with Crippen LogP contribution in [0.1, 0.15) is 55.6 Å². The molecule has 2 heterocycles. The first-order valence-corrected chi connectivity index (χ1v) is 9.67. The number of hydrogen-bond donors (Lipinski definition) is 0. The smallest absolute Gasteiger partial charge is 0.417 e. The lowest BCUT2D eigenvalue weighted by Crippen LogP contribution is -2.42. The van der Waals surface area contributed by atoms with Gasteiger partial charge < -0.3 is 9.64 Å². The average Bonchev–Trinajstić information content (AvgIpc) is 3.15. The Kier molecular flexibility index (Phi) is 5.92. The molecule has 3 rings (SSSR count). The predicted molar refractivity (Wildman–Crippen MR) is 104 cm³/mol. The fourth-order valence-corrected chi connectivity index (χ4v) is 3.44. The van der Waals surface area contributed by atoms with E-state index in [4.69, 9.17) is 4.74 Å². The first-order chi connectivity index (χ1) is 14.0. The molecule has 0 saturated carbocycles. The molecule has 162 valence electrons. The molecule has 1 aliphatic heterocycles. The van der Waals surface area contributed by atoms with Crippen LogP contribution in [0.5, 0.6) is 0 Å². The maximum absolute atomic E-state index is 13.5. The Morgan fingerprint density at radius 3 is 2.43 bits per heavy atom. The second-order valence-electron chi connectivity index (χ2n) is 8.33. The second kappa shape index (κ2) is 8.12. The Hall–Kier alpha value is -2.84. The summed E-state index contributed by atoms with van der Waals surface area (Å²) in [5, 5.41) is 4.26. The van der Waals surface area contributed by atoms with Gasteiger partial charge in [0.15, 0.2) is 0 Å². The van der Waals surface area contributed by atoms with Crippen LogP contribution in [0.4, 0.5) is 18.0 Å². The monoisotopic (exact) mass is 423 g/mol. The Labute approximate surface area is 172 Å². The highest BCUT2D eigenvalue weighted by Crippen LogP contribution is 2.38. The molecule has 9 heteroatoms. The number of carbonyl (C=O) groups excluding carboxylic acids is 2. The molecule has 1 amide bonds. The van der Waals surface area contributed by atoms with Crippen molar-refractivity contribution < 1.29 is 27.5 Å². The molecule has 30 heavy (non-hydrogen) atoms. The molecule has 0 unspecified atom stereocenters. The highest BCUT2D eigenvalue weighted by Gasteiger charge is 2.34. The molecular weight excluding hydrogens is 399 g/mol.